The van der Waals surface area contributed by atoms with Crippen LogP contribution >= 0.6 is 0 Å². The summed E-state index contributed by atoms with van der Waals surface area (Å²) in [5.41, 5.74) is 5.50. The van der Waals surface area contributed by atoms with Gasteiger partial charge in [-0.3, -0.25) is 9.48 Å². The van der Waals surface area contributed by atoms with Crippen molar-refractivity contribution >= 4 is 11.6 Å². The largest absolute Gasteiger partial charge is 0.319 e. The summed E-state index contributed by atoms with van der Waals surface area (Å²) in [6, 6.07) is 10.1. The number of nitrogens with zero attached hydrogens (tertiary/aromatic N) is 3. The Hall–Kier alpha value is -2.82. The summed E-state index contributed by atoms with van der Waals surface area (Å²) in [5, 5.41) is 7.14. The monoisotopic (exact) mass is 322 g/mol. The van der Waals surface area contributed by atoms with Crippen LogP contribution in [0.5, 0.6) is 0 Å². The molecule has 124 valence electrons. The summed E-state index contributed by atoms with van der Waals surface area (Å²) in [6.45, 7) is 8.85. The molecule has 1 amide bonds. The molecule has 3 aromatic rings. The number of anilines is 1. The minimum Gasteiger partial charge on any atom is -0.319 e. The van der Waals surface area contributed by atoms with E-state index in [1.165, 1.54) is 0 Å². The number of aryl methyl sites for hydroxylation is 4. The van der Waals surface area contributed by atoms with Crippen LogP contribution in [-0.2, 0) is 6.54 Å². The van der Waals surface area contributed by atoms with Gasteiger partial charge in [0.15, 0.2) is 0 Å². The third kappa shape index (κ3) is 2.97. The third-order valence-corrected chi connectivity index (χ3v) is 4.12. The van der Waals surface area contributed by atoms with Crippen LogP contribution in [0.1, 0.15) is 34.2 Å². The van der Waals surface area contributed by atoms with Crippen LogP contribution in [0, 0.1) is 20.8 Å². The lowest BCUT2D eigenvalue weighted by Gasteiger charge is -2.15. The van der Waals surface area contributed by atoms with E-state index < -0.39 is 0 Å². The first-order valence-corrected chi connectivity index (χ1v) is 8.09. The van der Waals surface area contributed by atoms with Crippen LogP contribution in [0.3, 0.4) is 0 Å². The van der Waals surface area contributed by atoms with Crippen LogP contribution in [0.15, 0.2) is 42.7 Å². The molecule has 24 heavy (non-hydrogen) atoms. The van der Waals surface area contributed by atoms with Crippen molar-refractivity contribution in [3.05, 3.63) is 65.2 Å². The molecule has 0 atom stereocenters. The topological polar surface area (TPSA) is 51.9 Å². The molecule has 0 saturated heterocycles. The van der Waals surface area contributed by atoms with Crippen LogP contribution in [0.4, 0.5) is 5.69 Å². The predicted octanol–water partition coefficient (Wildman–Crippen LogP) is 3.87. The van der Waals surface area contributed by atoms with Gasteiger partial charge in [-0.15, -0.1) is 0 Å². The number of benzene rings is 1. The van der Waals surface area contributed by atoms with E-state index in [-0.39, 0.29) is 5.91 Å². The van der Waals surface area contributed by atoms with Gasteiger partial charge in [-0.05, 0) is 52.0 Å². The van der Waals surface area contributed by atoms with E-state index in [9.17, 15) is 4.79 Å². The molecule has 2 heterocycles. The first-order valence-electron chi connectivity index (χ1n) is 8.09. The zero-order valence-corrected chi connectivity index (χ0v) is 14.5. The molecule has 3 rings (SSSR count). The number of rotatable bonds is 4. The fraction of sp³-hybridized carbons (Fsp3) is 0.263. The number of carbonyl (C=O) groups is 1. The Balaban J connectivity index is 2.00. The van der Waals surface area contributed by atoms with Crippen molar-refractivity contribution < 1.29 is 4.79 Å². The molecule has 0 aliphatic carbocycles. The molecule has 1 aromatic carbocycles. The van der Waals surface area contributed by atoms with Crippen molar-refractivity contribution in [1.29, 1.82) is 0 Å². The molecule has 0 bridgehead atoms. The van der Waals surface area contributed by atoms with Gasteiger partial charge in [0.1, 0.15) is 0 Å². The lowest BCUT2D eigenvalue weighted by atomic mass is 10.1. The molecular formula is C19H22N4O. The number of nitrogens with one attached hydrogen (secondary N) is 1. The van der Waals surface area contributed by atoms with Crippen molar-refractivity contribution in [2.45, 2.75) is 34.2 Å². The molecular weight excluding hydrogens is 300 g/mol. The molecule has 0 radical (unpaired) electrons. The predicted molar refractivity (Wildman–Crippen MR) is 95.8 cm³/mol. The van der Waals surface area contributed by atoms with Crippen LogP contribution < -0.4 is 5.32 Å². The normalized spacial score (nSPS) is 10.8. The Bertz CT molecular complexity index is 869. The zero-order valence-electron chi connectivity index (χ0n) is 14.5. The third-order valence-electron chi connectivity index (χ3n) is 4.12. The average molecular weight is 322 g/mol. The van der Waals surface area contributed by atoms with Crippen molar-refractivity contribution in [2.24, 2.45) is 0 Å². The first kappa shape index (κ1) is 16.1. The molecule has 5 nitrogen and oxygen atoms in total. The highest BCUT2D eigenvalue weighted by Crippen LogP contribution is 2.22. The SMILES string of the molecule is CCn1cc(NC(=O)c2cc(C)ccc2-n2c(C)ccc2C)cn1. The van der Waals surface area contributed by atoms with E-state index in [1.54, 1.807) is 10.9 Å². The van der Waals surface area contributed by atoms with Crippen molar-refractivity contribution in [1.82, 2.24) is 14.3 Å². The van der Waals surface area contributed by atoms with Gasteiger partial charge in [0.25, 0.3) is 5.91 Å². The molecule has 0 aliphatic rings. The van der Waals surface area contributed by atoms with E-state index in [0.717, 1.165) is 29.2 Å². The molecule has 1 N–H and O–H groups in total. The summed E-state index contributed by atoms with van der Waals surface area (Å²) in [7, 11) is 0. The van der Waals surface area contributed by atoms with E-state index in [1.807, 2.05) is 52.1 Å². The highest BCUT2D eigenvalue weighted by molar-refractivity contribution is 6.06. The zero-order chi connectivity index (χ0) is 17.3. The fourth-order valence-corrected chi connectivity index (χ4v) is 2.87. The standard InChI is InChI=1S/C19H22N4O/c1-5-22-12-16(11-20-22)21-19(24)17-10-13(2)6-9-18(17)23-14(3)7-8-15(23)4/h6-12H,5H2,1-4H3,(H,21,24). The molecule has 0 unspecified atom stereocenters. The maximum Gasteiger partial charge on any atom is 0.257 e. The number of hydrogen-bond acceptors (Lipinski definition) is 2. The fourth-order valence-electron chi connectivity index (χ4n) is 2.87. The second kappa shape index (κ2) is 6.35. The van der Waals surface area contributed by atoms with Gasteiger partial charge in [-0.1, -0.05) is 11.6 Å². The lowest BCUT2D eigenvalue weighted by Crippen LogP contribution is -2.16. The summed E-state index contributed by atoms with van der Waals surface area (Å²) in [5.74, 6) is -0.128. The summed E-state index contributed by atoms with van der Waals surface area (Å²) < 4.78 is 3.89. The smallest absolute Gasteiger partial charge is 0.257 e. The van der Waals surface area contributed by atoms with Gasteiger partial charge in [-0.2, -0.15) is 5.10 Å². The minimum absolute atomic E-state index is 0.128. The van der Waals surface area contributed by atoms with E-state index >= 15 is 0 Å². The van der Waals surface area contributed by atoms with Crippen molar-refractivity contribution in [3.8, 4) is 5.69 Å². The van der Waals surface area contributed by atoms with E-state index in [0.29, 0.717) is 11.3 Å². The Morgan fingerprint density at radius 1 is 1.12 bits per heavy atom. The Labute approximate surface area is 141 Å². The first-order chi connectivity index (χ1) is 11.5. The molecule has 0 aliphatic heterocycles. The van der Waals surface area contributed by atoms with Gasteiger partial charge in [0.05, 0.1) is 23.1 Å². The number of hydrogen-bond donors (Lipinski definition) is 1. The highest BCUT2D eigenvalue weighted by atomic mass is 16.1. The summed E-state index contributed by atoms with van der Waals surface area (Å²) >= 11 is 0. The maximum absolute atomic E-state index is 12.8. The quantitative estimate of drug-likeness (QED) is 0.792. The van der Waals surface area contributed by atoms with Gasteiger partial charge in [-0.25, -0.2) is 0 Å². The molecule has 5 heteroatoms. The average Bonchev–Trinajstić information content (AvgIpc) is 3.14. The van der Waals surface area contributed by atoms with E-state index in [2.05, 4.69) is 27.1 Å². The van der Waals surface area contributed by atoms with E-state index in [4.69, 9.17) is 0 Å². The Kier molecular flexibility index (Phi) is 4.25. The molecule has 0 fully saturated rings. The molecule has 0 spiro atoms. The molecule has 0 saturated carbocycles. The van der Waals surface area contributed by atoms with Gasteiger partial charge >= 0.3 is 0 Å². The van der Waals surface area contributed by atoms with Gasteiger partial charge in [0, 0.05) is 24.1 Å². The van der Waals surface area contributed by atoms with Crippen LogP contribution in [0.2, 0.25) is 0 Å². The lowest BCUT2D eigenvalue weighted by molar-refractivity contribution is 0.102. The van der Waals surface area contributed by atoms with Gasteiger partial charge in [0.2, 0.25) is 0 Å². The second-order valence-corrected chi connectivity index (χ2v) is 6.01. The maximum atomic E-state index is 12.8. The Morgan fingerprint density at radius 2 is 1.83 bits per heavy atom. The summed E-state index contributed by atoms with van der Waals surface area (Å²) in [4.78, 5) is 12.8. The minimum atomic E-state index is -0.128. The van der Waals surface area contributed by atoms with Crippen LogP contribution in [-0.4, -0.2) is 20.3 Å². The highest BCUT2D eigenvalue weighted by Gasteiger charge is 2.16. The Morgan fingerprint density at radius 3 is 2.46 bits per heavy atom. The number of carbonyl (C=O) groups excluding carboxylic acids is 1. The second-order valence-electron chi connectivity index (χ2n) is 6.01. The van der Waals surface area contributed by atoms with Gasteiger partial charge < -0.3 is 9.88 Å². The summed E-state index contributed by atoms with van der Waals surface area (Å²) in [6.07, 6.45) is 3.50. The number of aromatic nitrogens is 3. The molecule has 2 aromatic heterocycles. The number of amides is 1. The van der Waals surface area contributed by atoms with Crippen molar-refractivity contribution in [3.63, 3.8) is 0 Å². The van der Waals surface area contributed by atoms with Crippen LogP contribution in [0.25, 0.3) is 5.69 Å². The van der Waals surface area contributed by atoms with Crippen molar-refractivity contribution in [2.75, 3.05) is 5.32 Å².